The first-order chi connectivity index (χ1) is 8.84. The van der Waals surface area contributed by atoms with Gasteiger partial charge in [0, 0.05) is 17.2 Å². The molecule has 0 saturated heterocycles. The Kier molecular flexibility index (Phi) is 2.50. The summed E-state index contributed by atoms with van der Waals surface area (Å²) in [7, 11) is 0. The molecular formula is C12H12N2O2S2. The van der Waals surface area contributed by atoms with Crippen molar-refractivity contribution in [2.45, 2.75) is 31.1 Å². The van der Waals surface area contributed by atoms with Gasteiger partial charge in [-0.3, -0.25) is 9.36 Å². The van der Waals surface area contributed by atoms with E-state index in [4.69, 9.17) is 4.74 Å². The molecule has 0 amide bonds. The minimum atomic E-state index is 0.154. The van der Waals surface area contributed by atoms with E-state index in [0.29, 0.717) is 6.61 Å². The van der Waals surface area contributed by atoms with Crippen molar-refractivity contribution in [1.29, 1.82) is 0 Å². The van der Waals surface area contributed by atoms with Gasteiger partial charge in [0.2, 0.25) is 0 Å². The molecule has 0 radical (unpaired) electrons. The van der Waals surface area contributed by atoms with Gasteiger partial charge in [-0.15, -0.1) is 11.3 Å². The summed E-state index contributed by atoms with van der Waals surface area (Å²) >= 11 is 3.31. The Balaban J connectivity index is 2.07. The topological polar surface area (TPSA) is 44.1 Å². The Morgan fingerprint density at radius 3 is 3.28 bits per heavy atom. The van der Waals surface area contributed by atoms with Crippen LogP contribution in [0.3, 0.4) is 0 Å². The molecule has 18 heavy (non-hydrogen) atoms. The molecule has 2 aliphatic rings. The second-order valence-corrected chi connectivity index (χ2v) is 6.69. The highest BCUT2D eigenvalue weighted by molar-refractivity contribution is 7.99. The van der Waals surface area contributed by atoms with Gasteiger partial charge in [-0.25, -0.2) is 4.98 Å². The maximum atomic E-state index is 12.6. The number of aromatic nitrogens is 2. The van der Waals surface area contributed by atoms with Crippen LogP contribution in [0, 0.1) is 0 Å². The van der Waals surface area contributed by atoms with Crippen molar-refractivity contribution in [3.63, 3.8) is 0 Å². The lowest BCUT2D eigenvalue weighted by molar-refractivity contribution is 0.114. The number of fused-ring (bicyclic) bond motifs is 4. The summed E-state index contributed by atoms with van der Waals surface area (Å²) in [5.74, 6) is 1.06. The van der Waals surface area contributed by atoms with Crippen LogP contribution in [0.4, 0.5) is 0 Å². The summed E-state index contributed by atoms with van der Waals surface area (Å²) < 4.78 is 7.31. The Hall–Kier alpha value is -0.850. The van der Waals surface area contributed by atoms with Crippen LogP contribution in [-0.2, 0) is 24.3 Å². The van der Waals surface area contributed by atoms with E-state index in [1.165, 1.54) is 10.4 Å². The van der Waals surface area contributed by atoms with Crippen molar-refractivity contribution in [1.82, 2.24) is 9.55 Å². The molecule has 0 unspecified atom stereocenters. The summed E-state index contributed by atoms with van der Waals surface area (Å²) in [6.45, 7) is 2.16. The highest BCUT2D eigenvalue weighted by Crippen LogP contribution is 2.33. The van der Waals surface area contributed by atoms with Crippen molar-refractivity contribution in [2.24, 2.45) is 0 Å². The third-order valence-electron chi connectivity index (χ3n) is 3.45. The fraction of sp³-hybridized carbons (Fsp3) is 0.500. The Morgan fingerprint density at radius 1 is 1.39 bits per heavy atom. The third kappa shape index (κ3) is 1.49. The molecule has 0 spiro atoms. The van der Waals surface area contributed by atoms with Crippen LogP contribution >= 0.6 is 23.1 Å². The number of thioether (sulfide) groups is 1. The van der Waals surface area contributed by atoms with Crippen molar-refractivity contribution in [2.75, 3.05) is 12.4 Å². The Morgan fingerprint density at radius 2 is 2.33 bits per heavy atom. The molecule has 0 atom stereocenters. The van der Waals surface area contributed by atoms with E-state index in [2.05, 4.69) is 4.98 Å². The first-order valence-electron chi connectivity index (χ1n) is 6.10. The minimum Gasteiger partial charge on any atom is -0.376 e. The van der Waals surface area contributed by atoms with Gasteiger partial charge in [0.15, 0.2) is 5.16 Å². The zero-order valence-electron chi connectivity index (χ0n) is 9.77. The van der Waals surface area contributed by atoms with E-state index in [-0.39, 0.29) is 5.56 Å². The quantitative estimate of drug-likeness (QED) is 0.693. The lowest BCUT2D eigenvalue weighted by atomic mass is 10.1. The van der Waals surface area contributed by atoms with Gasteiger partial charge in [-0.05, 0) is 18.4 Å². The molecule has 0 saturated carbocycles. The fourth-order valence-electron chi connectivity index (χ4n) is 2.58. The average molecular weight is 280 g/mol. The summed E-state index contributed by atoms with van der Waals surface area (Å²) in [4.78, 5) is 19.3. The van der Waals surface area contributed by atoms with E-state index in [1.807, 2.05) is 4.57 Å². The van der Waals surface area contributed by atoms with Gasteiger partial charge in [0.25, 0.3) is 5.56 Å². The van der Waals surface area contributed by atoms with Crippen LogP contribution in [0.15, 0.2) is 9.95 Å². The predicted molar refractivity (Wildman–Crippen MR) is 72.6 cm³/mol. The van der Waals surface area contributed by atoms with Crippen molar-refractivity contribution in [3.05, 3.63) is 20.8 Å². The number of nitrogens with zero attached hydrogens (tertiary/aromatic N) is 2. The number of rotatable bonds is 0. The molecule has 2 aliphatic heterocycles. The molecule has 2 aromatic rings. The van der Waals surface area contributed by atoms with Crippen molar-refractivity contribution in [3.8, 4) is 0 Å². The monoisotopic (exact) mass is 280 g/mol. The largest absolute Gasteiger partial charge is 0.376 e. The maximum Gasteiger partial charge on any atom is 0.263 e. The molecule has 4 rings (SSSR count). The van der Waals surface area contributed by atoms with Gasteiger partial charge >= 0.3 is 0 Å². The molecule has 0 N–H and O–H groups in total. The molecule has 94 valence electrons. The smallest absolute Gasteiger partial charge is 0.263 e. The summed E-state index contributed by atoms with van der Waals surface area (Å²) in [5.41, 5.74) is 1.34. The lowest BCUT2D eigenvalue weighted by Crippen LogP contribution is -2.26. The molecular weight excluding hydrogens is 268 g/mol. The number of hydrogen-bond acceptors (Lipinski definition) is 5. The Bertz CT molecular complexity index is 689. The van der Waals surface area contributed by atoms with Gasteiger partial charge < -0.3 is 4.74 Å². The molecule has 4 heterocycles. The van der Waals surface area contributed by atoms with E-state index < -0.39 is 0 Å². The zero-order valence-corrected chi connectivity index (χ0v) is 11.4. The minimum absolute atomic E-state index is 0.154. The van der Waals surface area contributed by atoms with Crippen LogP contribution < -0.4 is 5.56 Å². The van der Waals surface area contributed by atoms with Crippen LogP contribution in [0.25, 0.3) is 10.2 Å². The van der Waals surface area contributed by atoms with E-state index in [0.717, 1.165) is 47.1 Å². The molecule has 6 heteroatoms. The second kappa shape index (κ2) is 4.08. The van der Waals surface area contributed by atoms with Crippen LogP contribution in [0.2, 0.25) is 0 Å². The summed E-state index contributed by atoms with van der Waals surface area (Å²) in [6.07, 6.45) is 1.90. The predicted octanol–water partition coefficient (Wildman–Crippen LogP) is 2.03. The first-order valence-corrected chi connectivity index (χ1v) is 7.90. The summed E-state index contributed by atoms with van der Waals surface area (Å²) in [5, 5.41) is 1.74. The molecule has 0 aliphatic carbocycles. The number of ether oxygens (including phenoxy) is 1. The molecule has 0 aromatic carbocycles. The first kappa shape index (κ1) is 11.0. The molecule has 0 bridgehead atoms. The van der Waals surface area contributed by atoms with E-state index in [1.54, 1.807) is 23.1 Å². The van der Waals surface area contributed by atoms with Crippen molar-refractivity contribution >= 4 is 33.3 Å². The molecule has 4 nitrogen and oxygen atoms in total. The van der Waals surface area contributed by atoms with Gasteiger partial charge in [0.05, 0.1) is 18.6 Å². The zero-order chi connectivity index (χ0) is 12.1. The van der Waals surface area contributed by atoms with Crippen LogP contribution in [-0.4, -0.2) is 21.9 Å². The van der Waals surface area contributed by atoms with E-state index in [9.17, 15) is 4.79 Å². The number of hydrogen-bond donors (Lipinski definition) is 0. The highest BCUT2D eigenvalue weighted by atomic mass is 32.2. The van der Waals surface area contributed by atoms with E-state index >= 15 is 0 Å². The van der Waals surface area contributed by atoms with Crippen LogP contribution in [0.5, 0.6) is 0 Å². The van der Waals surface area contributed by atoms with Gasteiger partial charge in [-0.2, -0.15) is 0 Å². The normalized spacial score (nSPS) is 18.7. The van der Waals surface area contributed by atoms with Gasteiger partial charge in [0.1, 0.15) is 4.83 Å². The maximum absolute atomic E-state index is 12.6. The van der Waals surface area contributed by atoms with Gasteiger partial charge in [-0.1, -0.05) is 11.8 Å². The average Bonchev–Trinajstić information content (AvgIpc) is 2.77. The number of thiophene rings is 1. The lowest BCUT2D eigenvalue weighted by Gasteiger charge is -2.16. The Labute approximate surface area is 112 Å². The summed E-state index contributed by atoms with van der Waals surface area (Å²) in [6, 6.07) is 0. The van der Waals surface area contributed by atoms with Crippen molar-refractivity contribution < 1.29 is 4.74 Å². The molecule has 0 fully saturated rings. The standard InChI is InChI=1S/C12H12N2O2S2/c15-11-9-7-2-4-16-6-8(7)18-10(9)13-12-14(11)3-1-5-17-12/h1-6H2. The molecule has 2 aromatic heterocycles. The second-order valence-electron chi connectivity index (χ2n) is 4.54. The highest BCUT2D eigenvalue weighted by Gasteiger charge is 2.23. The fourth-order valence-corrected chi connectivity index (χ4v) is 4.73. The third-order valence-corrected chi connectivity index (χ3v) is 5.61. The van der Waals surface area contributed by atoms with Crippen LogP contribution in [0.1, 0.15) is 16.9 Å². The SMILES string of the molecule is O=c1c2c3c(sc2nc2n1CCCS2)COCC3.